The zero-order chi connectivity index (χ0) is 17.3. The summed E-state index contributed by atoms with van der Waals surface area (Å²) >= 11 is 0. The van der Waals surface area contributed by atoms with Gasteiger partial charge in [-0.15, -0.1) is 0 Å². The molecule has 1 heterocycles. The Labute approximate surface area is 138 Å². The molecule has 2 aromatic carbocycles. The van der Waals surface area contributed by atoms with Crippen molar-refractivity contribution >= 4 is 26.8 Å². The van der Waals surface area contributed by atoms with Crippen LogP contribution in [0.3, 0.4) is 0 Å². The number of fused-ring (bicyclic) bond motifs is 1. The topological polar surface area (TPSA) is 93.8 Å². The Morgan fingerprint density at radius 2 is 1.92 bits per heavy atom. The summed E-state index contributed by atoms with van der Waals surface area (Å²) in [7, 11) is -2.53. The molecule has 0 atom stereocenters. The quantitative estimate of drug-likeness (QED) is 0.730. The van der Waals surface area contributed by atoms with E-state index in [0.29, 0.717) is 16.5 Å². The van der Waals surface area contributed by atoms with Crippen LogP contribution in [0, 0.1) is 0 Å². The summed E-state index contributed by atoms with van der Waals surface area (Å²) in [5.74, 6) is -1.39. The Morgan fingerprint density at radius 1 is 1.17 bits per heavy atom. The summed E-state index contributed by atoms with van der Waals surface area (Å²) in [5.41, 5.74) is 0.794. The predicted molar refractivity (Wildman–Crippen MR) is 86.6 cm³/mol. The predicted octanol–water partition coefficient (Wildman–Crippen LogP) is 2.90. The fourth-order valence-electron chi connectivity index (χ4n) is 2.35. The van der Waals surface area contributed by atoms with Crippen LogP contribution in [0.1, 0.15) is 15.9 Å². The highest BCUT2D eigenvalue weighted by Crippen LogP contribution is 2.27. The Kier molecular flexibility index (Phi) is 4.02. The van der Waals surface area contributed by atoms with Crippen molar-refractivity contribution < 1.29 is 27.5 Å². The van der Waals surface area contributed by atoms with Crippen LogP contribution in [0.5, 0.6) is 5.75 Å². The maximum Gasteiger partial charge on any atom is 0.341 e. The molecule has 1 N–H and O–H groups in total. The molecule has 0 unspecified atom stereocenters. The highest BCUT2D eigenvalue weighted by Gasteiger charge is 2.21. The molecule has 0 amide bonds. The van der Waals surface area contributed by atoms with Crippen LogP contribution in [0.15, 0.2) is 58.0 Å². The van der Waals surface area contributed by atoms with Gasteiger partial charge in [-0.2, -0.15) is 0 Å². The smallest absolute Gasteiger partial charge is 0.341 e. The first-order chi connectivity index (χ1) is 11.4. The van der Waals surface area contributed by atoms with E-state index < -0.39 is 15.8 Å². The molecule has 0 saturated heterocycles. The fourth-order valence-corrected chi connectivity index (χ4v) is 3.63. The largest absolute Gasteiger partial charge is 0.507 e. The summed E-state index contributed by atoms with van der Waals surface area (Å²) in [6.45, 7) is 0. The van der Waals surface area contributed by atoms with Gasteiger partial charge in [-0.05, 0) is 23.8 Å². The number of para-hydroxylation sites is 1. The van der Waals surface area contributed by atoms with E-state index in [9.17, 15) is 18.3 Å². The zero-order valence-corrected chi connectivity index (χ0v) is 13.5. The van der Waals surface area contributed by atoms with E-state index in [1.165, 1.54) is 31.4 Å². The Bertz CT molecular complexity index is 983. The number of phenols is 1. The van der Waals surface area contributed by atoms with Crippen LogP contribution in [0.2, 0.25) is 0 Å². The van der Waals surface area contributed by atoms with Gasteiger partial charge in [0.2, 0.25) is 14.9 Å². The second-order valence-corrected chi connectivity index (χ2v) is 7.13. The molecule has 3 aromatic rings. The van der Waals surface area contributed by atoms with Gasteiger partial charge in [-0.25, -0.2) is 13.2 Å². The number of carbonyl (C=O) groups is 1. The Hall–Kier alpha value is -2.80. The second kappa shape index (κ2) is 6.01. The first-order valence-electron chi connectivity index (χ1n) is 7.02. The van der Waals surface area contributed by atoms with Gasteiger partial charge < -0.3 is 14.3 Å². The Balaban J connectivity index is 1.92. The molecular formula is C17H14O6S. The third-order valence-electron chi connectivity index (χ3n) is 3.53. The van der Waals surface area contributed by atoms with Crippen molar-refractivity contribution in [1.29, 1.82) is 0 Å². The van der Waals surface area contributed by atoms with Crippen molar-refractivity contribution in [2.24, 2.45) is 0 Å². The van der Waals surface area contributed by atoms with Crippen molar-refractivity contribution in [1.82, 2.24) is 0 Å². The number of sulfone groups is 1. The summed E-state index contributed by atoms with van der Waals surface area (Å²) in [4.78, 5) is 11.4. The molecule has 0 spiro atoms. The van der Waals surface area contributed by atoms with Crippen LogP contribution >= 0.6 is 0 Å². The number of hydrogen-bond acceptors (Lipinski definition) is 6. The lowest BCUT2D eigenvalue weighted by Gasteiger charge is -2.06. The summed E-state index contributed by atoms with van der Waals surface area (Å²) in [6, 6.07) is 12.5. The number of ether oxygens (including phenoxy) is 1. The highest BCUT2D eigenvalue weighted by atomic mass is 32.2. The molecule has 0 bridgehead atoms. The maximum absolute atomic E-state index is 12.5. The third-order valence-corrected chi connectivity index (χ3v) is 5.06. The molecule has 1 aromatic heterocycles. The fraction of sp³-hybridized carbons (Fsp3) is 0.118. The number of methoxy groups -OCH3 is 1. The molecule has 6 nitrogen and oxygen atoms in total. The molecular weight excluding hydrogens is 332 g/mol. The molecule has 3 rings (SSSR count). The van der Waals surface area contributed by atoms with Crippen molar-refractivity contribution in [3.63, 3.8) is 0 Å². The molecule has 7 heteroatoms. The van der Waals surface area contributed by atoms with E-state index in [2.05, 4.69) is 4.74 Å². The first-order valence-corrected chi connectivity index (χ1v) is 8.67. The number of furan rings is 1. The van der Waals surface area contributed by atoms with E-state index in [1.54, 1.807) is 24.3 Å². The number of rotatable bonds is 4. The number of benzene rings is 2. The number of carbonyl (C=O) groups excluding carboxylic acids is 1. The molecule has 124 valence electrons. The molecule has 0 aliphatic rings. The molecule has 0 aliphatic heterocycles. The van der Waals surface area contributed by atoms with Gasteiger partial charge in [-0.1, -0.05) is 24.3 Å². The van der Waals surface area contributed by atoms with Crippen LogP contribution < -0.4 is 0 Å². The standard InChI is InChI=1S/C17H14O6S/c1-22-17(19)13-7-6-11(8-14(13)18)10-24(20,21)16-9-12-4-2-3-5-15(12)23-16/h2-9,18H,10H2,1H3. The summed E-state index contributed by atoms with van der Waals surface area (Å²) in [6.07, 6.45) is 0. The van der Waals surface area contributed by atoms with E-state index >= 15 is 0 Å². The molecule has 24 heavy (non-hydrogen) atoms. The van der Waals surface area contributed by atoms with Gasteiger partial charge in [0.25, 0.3) is 0 Å². The number of aromatic hydroxyl groups is 1. The normalized spacial score (nSPS) is 11.5. The number of hydrogen-bond donors (Lipinski definition) is 1. The molecule has 0 aliphatic carbocycles. The second-order valence-electron chi connectivity index (χ2n) is 5.21. The lowest BCUT2D eigenvalue weighted by molar-refractivity contribution is 0.0597. The zero-order valence-electron chi connectivity index (χ0n) is 12.7. The molecule has 0 fully saturated rings. The van der Waals surface area contributed by atoms with Gasteiger partial charge in [-0.3, -0.25) is 0 Å². The van der Waals surface area contributed by atoms with Gasteiger partial charge in [0.15, 0.2) is 0 Å². The maximum atomic E-state index is 12.5. The van der Waals surface area contributed by atoms with Crippen molar-refractivity contribution in [3.8, 4) is 5.75 Å². The first kappa shape index (κ1) is 16.1. The molecule has 0 saturated carbocycles. The molecule has 0 radical (unpaired) electrons. The average Bonchev–Trinajstić information content (AvgIpc) is 2.99. The van der Waals surface area contributed by atoms with Crippen LogP contribution in [-0.2, 0) is 20.3 Å². The minimum atomic E-state index is -3.72. The van der Waals surface area contributed by atoms with E-state index in [0.717, 1.165) is 0 Å². The van der Waals surface area contributed by atoms with Crippen molar-refractivity contribution in [2.45, 2.75) is 10.8 Å². The van der Waals surface area contributed by atoms with E-state index in [-0.39, 0.29) is 22.2 Å². The van der Waals surface area contributed by atoms with Crippen molar-refractivity contribution in [2.75, 3.05) is 7.11 Å². The minimum absolute atomic E-state index is 0.0256. The third kappa shape index (κ3) is 2.98. The van der Waals surface area contributed by atoms with Crippen LogP contribution in [0.25, 0.3) is 11.0 Å². The van der Waals surface area contributed by atoms with Crippen LogP contribution in [-0.4, -0.2) is 26.6 Å². The van der Waals surface area contributed by atoms with Gasteiger partial charge in [0.05, 0.1) is 12.9 Å². The highest BCUT2D eigenvalue weighted by molar-refractivity contribution is 7.90. The monoisotopic (exact) mass is 346 g/mol. The van der Waals surface area contributed by atoms with E-state index in [4.69, 9.17) is 4.42 Å². The summed E-state index contributed by atoms with van der Waals surface area (Å²) < 4.78 is 34.9. The number of phenolic OH excluding ortho intramolecular Hbond substituents is 1. The van der Waals surface area contributed by atoms with Gasteiger partial charge >= 0.3 is 5.97 Å². The lowest BCUT2D eigenvalue weighted by Crippen LogP contribution is -2.05. The van der Waals surface area contributed by atoms with Gasteiger partial charge in [0.1, 0.15) is 16.9 Å². The van der Waals surface area contributed by atoms with Crippen molar-refractivity contribution in [3.05, 3.63) is 59.7 Å². The SMILES string of the molecule is COC(=O)c1ccc(CS(=O)(=O)c2cc3ccccc3o2)cc1O. The van der Waals surface area contributed by atoms with Crippen LogP contribution in [0.4, 0.5) is 0 Å². The lowest BCUT2D eigenvalue weighted by atomic mass is 10.1. The average molecular weight is 346 g/mol. The van der Waals surface area contributed by atoms with E-state index in [1.807, 2.05) is 0 Å². The minimum Gasteiger partial charge on any atom is -0.507 e. The Morgan fingerprint density at radius 3 is 2.58 bits per heavy atom. The van der Waals surface area contributed by atoms with Gasteiger partial charge in [0, 0.05) is 11.5 Å². The summed E-state index contributed by atoms with van der Waals surface area (Å²) in [5, 5.41) is 10.4. The number of esters is 1.